The van der Waals surface area contributed by atoms with Crippen LogP contribution in [0.25, 0.3) is 49.7 Å². The van der Waals surface area contributed by atoms with E-state index in [1.54, 1.807) is 0 Å². The molecule has 0 atom stereocenters. The molecule has 0 fully saturated rings. The molecule has 0 aliphatic carbocycles. The summed E-state index contributed by atoms with van der Waals surface area (Å²) in [6.45, 7) is 6.64. The number of nitrogens with zero attached hydrogens (tertiary/aromatic N) is 3. The van der Waals surface area contributed by atoms with E-state index in [9.17, 15) is 5.26 Å². The minimum absolute atomic E-state index is 0.618. The number of aromatic nitrogens is 1. The fourth-order valence-electron chi connectivity index (χ4n) is 6.94. The minimum Gasteiger partial charge on any atom is -0.310 e. The number of rotatable bonds is 4. The van der Waals surface area contributed by atoms with Crippen LogP contribution in [0, 0.1) is 18.3 Å². The molecule has 0 radical (unpaired) electrons. The predicted molar refractivity (Wildman–Crippen MR) is 201 cm³/mol. The van der Waals surface area contributed by atoms with E-state index in [0.717, 1.165) is 45.7 Å². The quantitative estimate of drug-likeness (QED) is 0.197. The van der Waals surface area contributed by atoms with Gasteiger partial charge in [0.1, 0.15) is 0 Å². The van der Waals surface area contributed by atoms with Crippen LogP contribution in [0.5, 0.6) is 0 Å². The first kappa shape index (κ1) is 29.1. The van der Waals surface area contributed by atoms with Crippen molar-refractivity contribution in [1.82, 2.24) is 4.57 Å². The lowest BCUT2D eigenvalue weighted by atomic mass is 9.96. The molecule has 0 N–H and O–H groups in total. The summed E-state index contributed by atoms with van der Waals surface area (Å²) in [4.78, 5) is 2.21. The minimum atomic E-state index is 0.618. The molecule has 6 aromatic carbocycles. The van der Waals surface area contributed by atoms with Crippen molar-refractivity contribution in [2.45, 2.75) is 13.3 Å². The lowest BCUT2D eigenvalue weighted by molar-refractivity contribution is 1.15. The number of nitriles is 1. The summed E-state index contributed by atoms with van der Waals surface area (Å²) in [6.07, 6.45) is 9.13. The van der Waals surface area contributed by atoms with Crippen molar-refractivity contribution in [2.24, 2.45) is 0 Å². The van der Waals surface area contributed by atoms with Gasteiger partial charge >= 0.3 is 0 Å². The summed E-state index contributed by atoms with van der Waals surface area (Å²) in [7, 11) is 0. The van der Waals surface area contributed by atoms with Gasteiger partial charge in [0.05, 0.1) is 28.4 Å². The molecule has 0 saturated heterocycles. The van der Waals surface area contributed by atoms with Crippen molar-refractivity contribution in [3.05, 3.63) is 187 Å². The van der Waals surface area contributed by atoms with Gasteiger partial charge in [-0.1, -0.05) is 116 Å². The van der Waals surface area contributed by atoms with Gasteiger partial charge in [-0.3, -0.25) is 0 Å². The van der Waals surface area contributed by atoms with E-state index >= 15 is 0 Å². The Balaban J connectivity index is 1.23. The molecule has 0 saturated carbocycles. The Morgan fingerprint density at radius 3 is 2.04 bits per heavy atom. The smallest absolute Gasteiger partial charge is 0.0991 e. The zero-order valence-electron chi connectivity index (χ0n) is 26.8. The number of aryl methyl sites for hydroxylation is 1. The van der Waals surface area contributed by atoms with Crippen LogP contribution in [-0.2, 0) is 6.42 Å². The van der Waals surface area contributed by atoms with Gasteiger partial charge in [-0.15, -0.1) is 0 Å². The highest BCUT2D eigenvalue weighted by Gasteiger charge is 2.20. The normalized spacial score (nSPS) is 14.2. The van der Waals surface area contributed by atoms with E-state index in [2.05, 4.69) is 156 Å². The van der Waals surface area contributed by atoms with Gasteiger partial charge in [-0.25, -0.2) is 0 Å². The molecule has 0 unspecified atom stereocenters. The number of anilines is 2. The standard InChI is InChI=1S/C45H33N3/c1-31-20-22-37(29-45(31)48-42-18-10-7-15-38(42)39-16-8-11-19-43(39)48)34-23-25-35(26-24-34)40-28-33(30-46)21-27-44(40)47-32(2)12-4-3-5-13-36-14-6-9-17-41(36)47/h3-12,14-29H,2,13H2,1H3/b5-3-,12-4-. The summed E-state index contributed by atoms with van der Waals surface area (Å²) in [6, 6.07) is 49.4. The molecule has 3 heteroatoms. The molecule has 3 nitrogen and oxygen atoms in total. The van der Waals surface area contributed by atoms with E-state index in [1.165, 1.54) is 38.6 Å². The van der Waals surface area contributed by atoms with E-state index in [4.69, 9.17) is 0 Å². The maximum atomic E-state index is 9.89. The zero-order valence-corrected chi connectivity index (χ0v) is 26.8. The summed E-state index contributed by atoms with van der Waals surface area (Å²) in [5.74, 6) is 0. The van der Waals surface area contributed by atoms with Gasteiger partial charge in [0, 0.05) is 33.4 Å². The molecule has 0 spiro atoms. The molecule has 0 bridgehead atoms. The monoisotopic (exact) mass is 615 g/mol. The Kier molecular flexibility index (Phi) is 7.32. The summed E-state index contributed by atoms with van der Waals surface area (Å²) >= 11 is 0. The maximum absolute atomic E-state index is 9.89. The third-order valence-electron chi connectivity index (χ3n) is 9.32. The second-order valence-corrected chi connectivity index (χ2v) is 12.2. The first-order valence-corrected chi connectivity index (χ1v) is 16.2. The highest BCUT2D eigenvalue weighted by Crippen LogP contribution is 2.41. The zero-order chi connectivity index (χ0) is 32.6. The predicted octanol–water partition coefficient (Wildman–Crippen LogP) is 11.6. The van der Waals surface area contributed by atoms with Gasteiger partial charge < -0.3 is 9.47 Å². The lowest BCUT2D eigenvalue weighted by Gasteiger charge is -2.29. The first-order valence-electron chi connectivity index (χ1n) is 16.2. The van der Waals surface area contributed by atoms with Crippen molar-refractivity contribution in [3.63, 3.8) is 0 Å². The molecular formula is C45H33N3. The second-order valence-electron chi connectivity index (χ2n) is 12.2. The van der Waals surface area contributed by atoms with Crippen LogP contribution in [0.15, 0.2) is 170 Å². The Labute approximate surface area is 281 Å². The topological polar surface area (TPSA) is 32.0 Å². The molecule has 8 rings (SSSR count). The molecular weight excluding hydrogens is 583 g/mol. The van der Waals surface area contributed by atoms with Crippen LogP contribution in [0.3, 0.4) is 0 Å². The SMILES string of the molecule is C=C1/C=C\C=C/Cc2ccccc2N1c1ccc(C#N)cc1-c1ccc(-c2ccc(C)c(-n3c4ccccc4c4ccccc43)c2)cc1. The number of hydrogen-bond acceptors (Lipinski definition) is 2. The number of benzene rings is 6. The highest BCUT2D eigenvalue weighted by molar-refractivity contribution is 6.09. The van der Waals surface area contributed by atoms with Crippen molar-refractivity contribution in [1.29, 1.82) is 5.26 Å². The Bertz CT molecular complexity index is 2410. The lowest BCUT2D eigenvalue weighted by Crippen LogP contribution is -2.17. The third-order valence-corrected chi connectivity index (χ3v) is 9.32. The van der Waals surface area contributed by atoms with E-state index < -0.39 is 0 Å². The van der Waals surface area contributed by atoms with Gasteiger partial charge in [0.2, 0.25) is 0 Å². The van der Waals surface area contributed by atoms with Crippen LogP contribution in [0.4, 0.5) is 11.4 Å². The fraction of sp³-hybridized carbons (Fsp3) is 0.0444. The number of allylic oxidation sites excluding steroid dienone is 4. The molecule has 2 heterocycles. The van der Waals surface area contributed by atoms with Crippen molar-refractivity contribution < 1.29 is 0 Å². The van der Waals surface area contributed by atoms with Gasteiger partial charge in [0.25, 0.3) is 0 Å². The average molecular weight is 616 g/mol. The highest BCUT2D eigenvalue weighted by atomic mass is 15.1. The van der Waals surface area contributed by atoms with Gasteiger partial charge in [0.15, 0.2) is 0 Å². The Morgan fingerprint density at radius 1 is 0.625 bits per heavy atom. The van der Waals surface area contributed by atoms with Crippen LogP contribution in [-0.4, -0.2) is 4.57 Å². The van der Waals surface area contributed by atoms with Crippen LogP contribution < -0.4 is 4.90 Å². The second kappa shape index (κ2) is 12.1. The van der Waals surface area contributed by atoms with Crippen LogP contribution in [0.1, 0.15) is 16.7 Å². The fourth-order valence-corrected chi connectivity index (χ4v) is 6.94. The van der Waals surface area contributed by atoms with Gasteiger partial charge in [-0.05, 0) is 89.7 Å². The van der Waals surface area contributed by atoms with Gasteiger partial charge in [-0.2, -0.15) is 5.26 Å². The molecule has 228 valence electrons. The van der Waals surface area contributed by atoms with E-state index in [1.807, 2.05) is 30.4 Å². The van der Waals surface area contributed by atoms with Crippen molar-refractivity contribution in [3.8, 4) is 34.0 Å². The average Bonchev–Trinajstić information content (AvgIpc) is 3.50. The van der Waals surface area contributed by atoms with E-state index in [-0.39, 0.29) is 0 Å². The molecule has 1 aliphatic rings. The molecule has 7 aromatic rings. The Hall–Kier alpha value is -6.37. The first-order chi connectivity index (χ1) is 23.6. The number of fused-ring (bicyclic) bond motifs is 4. The van der Waals surface area contributed by atoms with Crippen molar-refractivity contribution >= 4 is 33.2 Å². The van der Waals surface area contributed by atoms with E-state index in [0.29, 0.717) is 5.56 Å². The summed E-state index contributed by atoms with van der Waals surface area (Å²) in [5.41, 5.74) is 13.8. The number of hydrogen-bond donors (Lipinski definition) is 0. The largest absolute Gasteiger partial charge is 0.310 e. The molecule has 1 aromatic heterocycles. The summed E-state index contributed by atoms with van der Waals surface area (Å²) in [5, 5.41) is 12.4. The van der Waals surface area contributed by atoms with Crippen LogP contribution >= 0.6 is 0 Å². The summed E-state index contributed by atoms with van der Waals surface area (Å²) < 4.78 is 2.39. The van der Waals surface area contributed by atoms with Crippen LogP contribution in [0.2, 0.25) is 0 Å². The molecule has 1 aliphatic heterocycles. The third kappa shape index (κ3) is 5.01. The van der Waals surface area contributed by atoms with Crippen molar-refractivity contribution in [2.75, 3.05) is 4.90 Å². The number of para-hydroxylation sites is 3. The Morgan fingerprint density at radius 2 is 1.29 bits per heavy atom. The molecule has 0 amide bonds. The molecule has 48 heavy (non-hydrogen) atoms. The maximum Gasteiger partial charge on any atom is 0.0991 e.